The summed E-state index contributed by atoms with van der Waals surface area (Å²) >= 11 is 0. The molecule has 2 aromatic rings. The summed E-state index contributed by atoms with van der Waals surface area (Å²) in [6.07, 6.45) is 1.49. The molecule has 1 fully saturated rings. The molecule has 1 saturated heterocycles. The van der Waals surface area contributed by atoms with Gasteiger partial charge < -0.3 is 19.7 Å². The van der Waals surface area contributed by atoms with Crippen LogP contribution in [0.1, 0.15) is 55.6 Å². The van der Waals surface area contributed by atoms with Gasteiger partial charge in [0.2, 0.25) is 5.91 Å². The van der Waals surface area contributed by atoms with Crippen molar-refractivity contribution >= 4 is 11.8 Å². The topological polar surface area (TPSA) is 67.9 Å². The Kier molecular flexibility index (Phi) is 7.33. The average molecular weight is 411 g/mol. The number of nitrogens with one attached hydrogen (secondary N) is 1. The number of nitrogens with zero attached hydrogens (tertiary/aromatic N) is 1. The van der Waals surface area contributed by atoms with E-state index >= 15 is 0 Å². The van der Waals surface area contributed by atoms with E-state index in [1.165, 1.54) is 0 Å². The molecule has 1 aliphatic heterocycles. The predicted molar refractivity (Wildman–Crippen MR) is 116 cm³/mol. The van der Waals surface area contributed by atoms with Gasteiger partial charge in [0.1, 0.15) is 6.04 Å². The van der Waals surface area contributed by atoms with Gasteiger partial charge in [0.05, 0.1) is 19.3 Å². The van der Waals surface area contributed by atoms with Crippen molar-refractivity contribution in [2.45, 2.75) is 45.7 Å². The van der Waals surface area contributed by atoms with Crippen LogP contribution in [-0.2, 0) is 4.79 Å². The van der Waals surface area contributed by atoms with Gasteiger partial charge in [-0.05, 0) is 63.4 Å². The number of likely N-dealkylation sites (tertiary alicyclic amines) is 1. The fourth-order valence-electron chi connectivity index (χ4n) is 3.76. The highest BCUT2D eigenvalue weighted by Gasteiger charge is 2.35. The van der Waals surface area contributed by atoms with Crippen molar-refractivity contribution in [2.75, 3.05) is 19.8 Å². The number of amides is 2. The van der Waals surface area contributed by atoms with E-state index in [2.05, 4.69) is 5.32 Å². The summed E-state index contributed by atoms with van der Waals surface area (Å²) in [5, 5.41) is 3.07. The quantitative estimate of drug-likeness (QED) is 0.715. The van der Waals surface area contributed by atoms with E-state index in [1.54, 1.807) is 17.0 Å². The molecular weight excluding hydrogens is 380 g/mol. The minimum absolute atomic E-state index is 0.0967. The molecule has 2 atom stereocenters. The summed E-state index contributed by atoms with van der Waals surface area (Å²) in [7, 11) is 0. The van der Waals surface area contributed by atoms with Crippen molar-refractivity contribution in [3.63, 3.8) is 0 Å². The first-order valence-electron chi connectivity index (χ1n) is 10.6. The third kappa shape index (κ3) is 4.93. The lowest BCUT2D eigenvalue weighted by molar-refractivity contribution is -0.125. The third-order valence-electron chi connectivity index (χ3n) is 5.26. The first-order chi connectivity index (χ1) is 14.5. The van der Waals surface area contributed by atoms with E-state index in [0.717, 1.165) is 12.0 Å². The van der Waals surface area contributed by atoms with Crippen molar-refractivity contribution in [3.8, 4) is 11.5 Å². The van der Waals surface area contributed by atoms with E-state index in [9.17, 15) is 9.59 Å². The highest BCUT2D eigenvalue weighted by molar-refractivity contribution is 5.98. The molecule has 2 amide bonds. The van der Waals surface area contributed by atoms with Gasteiger partial charge in [-0.3, -0.25) is 9.59 Å². The van der Waals surface area contributed by atoms with E-state index in [-0.39, 0.29) is 17.9 Å². The molecule has 3 rings (SSSR count). The minimum Gasteiger partial charge on any atom is -0.490 e. The minimum atomic E-state index is -0.450. The van der Waals surface area contributed by atoms with Gasteiger partial charge in [0.15, 0.2) is 11.5 Å². The van der Waals surface area contributed by atoms with Gasteiger partial charge in [-0.2, -0.15) is 0 Å². The Hall–Kier alpha value is -3.02. The van der Waals surface area contributed by atoms with Crippen molar-refractivity contribution in [1.82, 2.24) is 10.2 Å². The number of carbonyl (C=O) groups excluding carboxylic acids is 2. The van der Waals surface area contributed by atoms with E-state index in [0.29, 0.717) is 43.2 Å². The first-order valence-corrected chi connectivity index (χ1v) is 10.6. The van der Waals surface area contributed by atoms with E-state index in [1.807, 2.05) is 57.2 Å². The third-order valence-corrected chi connectivity index (χ3v) is 5.26. The summed E-state index contributed by atoms with van der Waals surface area (Å²) in [6, 6.07) is 14.1. The van der Waals surface area contributed by atoms with Crippen LogP contribution in [0.3, 0.4) is 0 Å². The van der Waals surface area contributed by atoms with Crippen LogP contribution in [-0.4, -0.2) is 42.5 Å². The molecule has 0 saturated carbocycles. The fourth-order valence-corrected chi connectivity index (χ4v) is 3.76. The van der Waals surface area contributed by atoms with Crippen LogP contribution in [0.25, 0.3) is 0 Å². The number of rotatable bonds is 8. The Labute approximate surface area is 178 Å². The molecule has 2 unspecified atom stereocenters. The van der Waals surface area contributed by atoms with Crippen LogP contribution in [0.2, 0.25) is 0 Å². The van der Waals surface area contributed by atoms with E-state index in [4.69, 9.17) is 9.47 Å². The maximum absolute atomic E-state index is 13.0. The average Bonchev–Trinajstić information content (AvgIpc) is 3.25. The maximum Gasteiger partial charge on any atom is 0.254 e. The Morgan fingerprint density at radius 1 is 1.07 bits per heavy atom. The van der Waals surface area contributed by atoms with Crippen molar-refractivity contribution in [2.24, 2.45) is 0 Å². The van der Waals surface area contributed by atoms with Crippen LogP contribution in [0.5, 0.6) is 11.5 Å². The van der Waals surface area contributed by atoms with Crippen LogP contribution < -0.4 is 14.8 Å². The number of hydrogen-bond acceptors (Lipinski definition) is 4. The van der Waals surface area contributed by atoms with Gasteiger partial charge >= 0.3 is 0 Å². The summed E-state index contributed by atoms with van der Waals surface area (Å²) < 4.78 is 11.3. The lowest BCUT2D eigenvalue weighted by Crippen LogP contribution is -2.46. The second-order valence-corrected chi connectivity index (χ2v) is 7.33. The second-order valence-electron chi connectivity index (χ2n) is 7.33. The molecule has 1 N–H and O–H groups in total. The summed E-state index contributed by atoms with van der Waals surface area (Å²) in [4.78, 5) is 27.5. The van der Waals surface area contributed by atoms with E-state index < -0.39 is 6.04 Å². The van der Waals surface area contributed by atoms with Crippen LogP contribution >= 0.6 is 0 Å². The number of hydrogen-bond donors (Lipinski definition) is 1. The monoisotopic (exact) mass is 410 g/mol. The smallest absolute Gasteiger partial charge is 0.254 e. The molecule has 0 bridgehead atoms. The summed E-state index contributed by atoms with van der Waals surface area (Å²) in [6.45, 7) is 7.46. The lowest BCUT2D eigenvalue weighted by atomic mass is 10.1. The summed E-state index contributed by atoms with van der Waals surface area (Å²) in [5.74, 6) is 1.13. The molecule has 6 heteroatoms. The molecule has 160 valence electrons. The Morgan fingerprint density at radius 3 is 2.47 bits per heavy atom. The predicted octanol–water partition coefficient (Wildman–Crippen LogP) is 3.97. The SMILES string of the molecule is CCOc1ccc(C(C)NC(=O)C2CCCN2C(=O)c2ccccc2)cc1OCC. The van der Waals surface area contributed by atoms with Gasteiger partial charge in [0.25, 0.3) is 5.91 Å². The first kappa shape index (κ1) is 21.7. The Morgan fingerprint density at radius 2 is 1.77 bits per heavy atom. The number of benzene rings is 2. The van der Waals surface area contributed by atoms with Gasteiger partial charge in [0, 0.05) is 12.1 Å². The standard InChI is InChI=1S/C24H30N2O4/c1-4-29-21-14-13-19(16-22(21)30-5-2)17(3)25-23(27)20-12-9-15-26(20)24(28)18-10-7-6-8-11-18/h6-8,10-11,13-14,16-17,20H,4-5,9,12,15H2,1-3H3,(H,25,27). The fraction of sp³-hybridized carbons (Fsp3) is 0.417. The van der Waals surface area contributed by atoms with Crippen LogP contribution in [0.4, 0.5) is 0 Å². The van der Waals surface area contributed by atoms with Crippen molar-refractivity contribution < 1.29 is 19.1 Å². The van der Waals surface area contributed by atoms with Gasteiger partial charge in [-0.15, -0.1) is 0 Å². The molecule has 30 heavy (non-hydrogen) atoms. The largest absolute Gasteiger partial charge is 0.490 e. The maximum atomic E-state index is 13.0. The van der Waals surface area contributed by atoms with Gasteiger partial charge in [-0.1, -0.05) is 24.3 Å². The normalized spacial score (nSPS) is 16.8. The Balaban J connectivity index is 1.70. The molecule has 0 radical (unpaired) electrons. The van der Waals surface area contributed by atoms with Crippen LogP contribution in [0.15, 0.2) is 48.5 Å². The van der Waals surface area contributed by atoms with Crippen molar-refractivity contribution in [1.29, 1.82) is 0 Å². The second kappa shape index (κ2) is 10.1. The highest BCUT2D eigenvalue weighted by Crippen LogP contribution is 2.31. The molecule has 1 heterocycles. The highest BCUT2D eigenvalue weighted by atomic mass is 16.5. The zero-order valence-electron chi connectivity index (χ0n) is 17.9. The number of ether oxygens (including phenoxy) is 2. The van der Waals surface area contributed by atoms with Crippen molar-refractivity contribution in [3.05, 3.63) is 59.7 Å². The molecule has 0 spiro atoms. The molecule has 1 aliphatic rings. The molecule has 0 aliphatic carbocycles. The Bertz CT molecular complexity index is 869. The zero-order valence-corrected chi connectivity index (χ0v) is 17.9. The zero-order chi connectivity index (χ0) is 21.5. The molecular formula is C24H30N2O4. The van der Waals surface area contributed by atoms with Crippen LogP contribution in [0, 0.1) is 0 Å². The molecule has 2 aromatic carbocycles. The van der Waals surface area contributed by atoms with Gasteiger partial charge in [-0.25, -0.2) is 0 Å². The number of carbonyl (C=O) groups is 2. The lowest BCUT2D eigenvalue weighted by Gasteiger charge is -2.26. The molecule has 6 nitrogen and oxygen atoms in total. The summed E-state index contributed by atoms with van der Waals surface area (Å²) in [5.41, 5.74) is 1.53. The molecule has 0 aromatic heterocycles.